The maximum absolute atomic E-state index is 12.5. The summed E-state index contributed by atoms with van der Waals surface area (Å²) in [4.78, 5) is 13.6. The highest BCUT2D eigenvalue weighted by Crippen LogP contribution is 2.29. The molecule has 0 bridgehead atoms. The molecule has 0 aliphatic heterocycles. The van der Waals surface area contributed by atoms with Gasteiger partial charge in [-0.2, -0.15) is 8.42 Å². The second kappa shape index (κ2) is 6.29. The van der Waals surface area contributed by atoms with E-state index in [4.69, 9.17) is 0 Å². The van der Waals surface area contributed by atoms with Crippen molar-refractivity contribution in [3.8, 4) is 5.75 Å². The van der Waals surface area contributed by atoms with E-state index in [1.165, 1.54) is 24.3 Å². The van der Waals surface area contributed by atoms with Crippen molar-refractivity contribution in [3.05, 3.63) is 46.2 Å². The zero-order valence-corrected chi connectivity index (χ0v) is 14.4. The van der Waals surface area contributed by atoms with Crippen LogP contribution in [0.15, 0.2) is 35.7 Å². The van der Waals surface area contributed by atoms with Crippen LogP contribution in [0.5, 0.6) is 5.75 Å². The molecule has 1 N–H and O–H groups in total. The van der Waals surface area contributed by atoms with Gasteiger partial charge in [-0.1, -0.05) is 3.89 Å². The van der Waals surface area contributed by atoms with E-state index >= 15 is 0 Å². The molecule has 23 heavy (non-hydrogen) atoms. The summed E-state index contributed by atoms with van der Waals surface area (Å²) in [5.74, 6) is -0.375. The summed E-state index contributed by atoms with van der Waals surface area (Å²) < 4.78 is 37.3. The van der Waals surface area contributed by atoms with Gasteiger partial charge in [-0.15, -0.1) is 11.3 Å². The zero-order valence-electron chi connectivity index (χ0n) is 12.8. The molecule has 0 saturated heterocycles. The lowest BCUT2D eigenvalue weighted by molar-refractivity contribution is -0.120. The van der Waals surface area contributed by atoms with E-state index in [2.05, 4.69) is 9.50 Å². The molecule has 0 fully saturated rings. The van der Waals surface area contributed by atoms with Crippen LogP contribution in [-0.4, -0.2) is 14.3 Å². The lowest BCUT2D eigenvalue weighted by Crippen LogP contribution is -2.34. The first-order valence-electron chi connectivity index (χ1n) is 6.69. The summed E-state index contributed by atoms with van der Waals surface area (Å²) in [5, 5.41) is 4.69. The topological polar surface area (TPSA) is 72.5 Å². The molecule has 1 aromatic heterocycles. The van der Waals surface area contributed by atoms with Crippen LogP contribution in [0, 0.1) is 6.92 Å². The Bertz CT molecular complexity index is 810. The highest BCUT2D eigenvalue weighted by Gasteiger charge is 2.30. The van der Waals surface area contributed by atoms with Crippen LogP contribution >= 0.6 is 11.3 Å². The molecule has 2 aromatic rings. The predicted molar refractivity (Wildman–Crippen MR) is 87.8 cm³/mol. The standard InChI is InChI=1S/C15H16FNO4S2/c1-10-8-11(9-22-10)15(2,3)14(18)17-12-4-6-13(7-5-12)21-23(16,19)20/h4-9H,1-3H3,(H,17,18). The smallest absolute Gasteiger partial charge is 0.358 e. The van der Waals surface area contributed by atoms with Gasteiger partial charge < -0.3 is 9.50 Å². The van der Waals surface area contributed by atoms with E-state index in [1.807, 2.05) is 32.2 Å². The lowest BCUT2D eigenvalue weighted by Gasteiger charge is -2.22. The summed E-state index contributed by atoms with van der Waals surface area (Å²) in [7, 11) is -5.06. The summed E-state index contributed by atoms with van der Waals surface area (Å²) in [6.45, 7) is 5.60. The van der Waals surface area contributed by atoms with Gasteiger partial charge in [-0.3, -0.25) is 4.79 Å². The monoisotopic (exact) mass is 357 g/mol. The van der Waals surface area contributed by atoms with E-state index in [0.717, 1.165) is 10.4 Å². The first-order chi connectivity index (χ1) is 10.6. The van der Waals surface area contributed by atoms with Gasteiger partial charge in [-0.05, 0) is 62.0 Å². The molecule has 0 saturated carbocycles. The Balaban J connectivity index is 2.11. The number of hydrogen-bond acceptors (Lipinski definition) is 5. The van der Waals surface area contributed by atoms with Crippen molar-refractivity contribution in [2.45, 2.75) is 26.2 Å². The highest BCUT2D eigenvalue weighted by atomic mass is 32.3. The van der Waals surface area contributed by atoms with Gasteiger partial charge in [0.25, 0.3) is 0 Å². The normalized spacial score (nSPS) is 12.0. The van der Waals surface area contributed by atoms with E-state index in [9.17, 15) is 17.1 Å². The van der Waals surface area contributed by atoms with Crippen LogP contribution < -0.4 is 9.50 Å². The second-order valence-electron chi connectivity index (χ2n) is 5.53. The highest BCUT2D eigenvalue weighted by molar-refractivity contribution is 7.81. The molecule has 0 radical (unpaired) electrons. The molecule has 5 nitrogen and oxygen atoms in total. The first-order valence-corrected chi connectivity index (χ1v) is 8.88. The maximum Gasteiger partial charge on any atom is 0.488 e. The van der Waals surface area contributed by atoms with Gasteiger partial charge in [0, 0.05) is 10.6 Å². The van der Waals surface area contributed by atoms with Crippen molar-refractivity contribution in [3.63, 3.8) is 0 Å². The third kappa shape index (κ3) is 4.52. The molecule has 0 aliphatic carbocycles. The summed E-state index contributed by atoms with van der Waals surface area (Å²) in [6, 6.07) is 7.36. The molecule has 8 heteroatoms. The van der Waals surface area contributed by atoms with Gasteiger partial charge in [0.15, 0.2) is 0 Å². The SMILES string of the molecule is Cc1cc(C(C)(C)C(=O)Nc2ccc(OS(=O)(=O)F)cc2)cs1. The number of thiophene rings is 1. The van der Waals surface area contributed by atoms with Crippen LogP contribution in [-0.2, 0) is 20.7 Å². The van der Waals surface area contributed by atoms with Crippen LogP contribution in [0.1, 0.15) is 24.3 Å². The first kappa shape index (κ1) is 17.4. The fourth-order valence-electron chi connectivity index (χ4n) is 1.90. The molecular formula is C15H16FNO4S2. The molecule has 0 unspecified atom stereocenters. The van der Waals surface area contributed by atoms with E-state index in [-0.39, 0.29) is 11.7 Å². The van der Waals surface area contributed by atoms with Gasteiger partial charge in [0.1, 0.15) is 5.75 Å². The summed E-state index contributed by atoms with van der Waals surface area (Å²) >= 11 is 1.57. The molecule has 0 aliphatic rings. The Morgan fingerprint density at radius 3 is 2.35 bits per heavy atom. The van der Waals surface area contributed by atoms with Crippen molar-refractivity contribution in [1.29, 1.82) is 0 Å². The van der Waals surface area contributed by atoms with Gasteiger partial charge >= 0.3 is 10.5 Å². The number of carbonyl (C=O) groups is 1. The number of aryl methyl sites for hydroxylation is 1. The molecular weight excluding hydrogens is 341 g/mol. The zero-order chi connectivity index (χ0) is 17.3. The van der Waals surface area contributed by atoms with E-state index < -0.39 is 15.9 Å². The molecule has 1 aromatic carbocycles. The summed E-state index contributed by atoms with van der Waals surface area (Å²) in [5.41, 5.74) is 0.655. The molecule has 1 heterocycles. The van der Waals surface area contributed by atoms with Gasteiger partial charge in [0.2, 0.25) is 5.91 Å². The van der Waals surface area contributed by atoms with E-state index in [0.29, 0.717) is 5.69 Å². The van der Waals surface area contributed by atoms with Crippen molar-refractivity contribution in [2.24, 2.45) is 0 Å². The molecule has 1 amide bonds. The second-order valence-corrected chi connectivity index (χ2v) is 7.59. The number of amides is 1. The largest absolute Gasteiger partial charge is 0.488 e. The minimum absolute atomic E-state index is 0.168. The van der Waals surface area contributed by atoms with Crippen LogP contribution in [0.3, 0.4) is 0 Å². The quantitative estimate of drug-likeness (QED) is 0.831. The number of benzene rings is 1. The summed E-state index contributed by atoms with van der Waals surface area (Å²) in [6.07, 6.45) is 0. The van der Waals surface area contributed by atoms with Crippen molar-refractivity contribution < 1.29 is 21.3 Å². The molecule has 0 spiro atoms. The number of anilines is 1. The third-order valence-corrected chi connectivity index (χ3v) is 4.58. The molecule has 124 valence electrons. The number of halogens is 1. The van der Waals surface area contributed by atoms with Gasteiger partial charge in [0.05, 0.1) is 5.41 Å². The number of nitrogens with one attached hydrogen (secondary N) is 1. The number of carbonyl (C=O) groups excluding carboxylic acids is 1. The van der Waals surface area contributed by atoms with Gasteiger partial charge in [-0.25, -0.2) is 0 Å². The number of rotatable bonds is 5. The lowest BCUT2D eigenvalue weighted by atomic mass is 9.85. The molecule has 2 rings (SSSR count). The molecule has 0 atom stereocenters. The van der Waals surface area contributed by atoms with Crippen LogP contribution in [0.4, 0.5) is 9.57 Å². The third-order valence-electron chi connectivity index (χ3n) is 3.33. The average molecular weight is 357 g/mol. The van der Waals surface area contributed by atoms with Crippen molar-refractivity contribution in [2.75, 3.05) is 5.32 Å². The predicted octanol–water partition coefficient (Wildman–Crippen LogP) is 3.57. The fraction of sp³-hybridized carbons (Fsp3) is 0.267. The Morgan fingerprint density at radius 2 is 1.87 bits per heavy atom. The Hall–Kier alpha value is -1.93. The Labute approximate surface area is 138 Å². The van der Waals surface area contributed by atoms with Crippen LogP contribution in [0.2, 0.25) is 0 Å². The van der Waals surface area contributed by atoms with Crippen LogP contribution in [0.25, 0.3) is 0 Å². The average Bonchev–Trinajstić information content (AvgIpc) is 2.86. The minimum Gasteiger partial charge on any atom is -0.358 e. The van der Waals surface area contributed by atoms with E-state index in [1.54, 1.807) is 11.3 Å². The van der Waals surface area contributed by atoms with Crippen molar-refractivity contribution >= 4 is 33.4 Å². The number of hydrogen-bond donors (Lipinski definition) is 1. The Kier molecular flexibility index (Phi) is 4.76. The van der Waals surface area contributed by atoms with Crippen molar-refractivity contribution in [1.82, 2.24) is 0 Å². The Morgan fingerprint density at radius 1 is 1.26 bits per heavy atom. The maximum atomic E-state index is 12.5. The fourth-order valence-corrected chi connectivity index (χ4v) is 3.11. The minimum atomic E-state index is -5.06.